The lowest BCUT2D eigenvalue weighted by Crippen LogP contribution is -2.42. The van der Waals surface area contributed by atoms with E-state index in [1.165, 1.54) is 12.8 Å². The van der Waals surface area contributed by atoms with Crippen molar-refractivity contribution < 1.29 is 9.90 Å². The van der Waals surface area contributed by atoms with Crippen molar-refractivity contribution in [1.82, 2.24) is 10.3 Å². The highest BCUT2D eigenvalue weighted by Crippen LogP contribution is 2.22. The topological polar surface area (TPSA) is 78.6 Å². The molecule has 0 aromatic carbocycles. The Balaban J connectivity index is 2.36. The molecule has 0 radical (unpaired) electrons. The predicted octanol–water partition coefficient (Wildman–Crippen LogP) is -0.151. The molecule has 0 spiro atoms. The Labute approximate surface area is 97.0 Å². The van der Waals surface area contributed by atoms with E-state index in [4.69, 9.17) is 10.9 Å². The van der Waals surface area contributed by atoms with Gasteiger partial charge in [0.25, 0.3) is 0 Å². The van der Waals surface area contributed by atoms with Gasteiger partial charge in [0, 0.05) is 25.1 Å². The molecule has 1 saturated heterocycles. The number of aliphatic hydroxyl groups is 1. The van der Waals surface area contributed by atoms with Crippen molar-refractivity contribution in [3.63, 3.8) is 0 Å². The predicted molar refractivity (Wildman–Crippen MR) is 62.4 cm³/mol. The molecule has 5 nitrogen and oxygen atoms in total. The van der Waals surface area contributed by atoms with Gasteiger partial charge >= 0.3 is 0 Å². The van der Waals surface area contributed by atoms with Crippen molar-refractivity contribution in [2.24, 2.45) is 11.8 Å². The number of amides is 1. The molecule has 4 N–H and O–H groups in total. The molecule has 0 saturated carbocycles. The van der Waals surface area contributed by atoms with Gasteiger partial charge in [-0.15, -0.1) is 0 Å². The van der Waals surface area contributed by atoms with Crippen molar-refractivity contribution in [2.45, 2.75) is 38.6 Å². The van der Waals surface area contributed by atoms with Crippen molar-refractivity contribution in [2.75, 3.05) is 19.7 Å². The van der Waals surface area contributed by atoms with E-state index >= 15 is 0 Å². The molecule has 0 aromatic heterocycles. The molecule has 0 bridgehead atoms. The number of hydrogen-bond acceptors (Lipinski definition) is 4. The summed E-state index contributed by atoms with van der Waals surface area (Å²) in [6.07, 6.45) is 4.23. The first kappa shape index (κ1) is 13.4. The Morgan fingerprint density at radius 3 is 3.06 bits per heavy atom. The van der Waals surface area contributed by atoms with Crippen LogP contribution in [0, 0.1) is 5.92 Å². The third-order valence-electron chi connectivity index (χ3n) is 3.29. The number of hydrazine groups is 1. The standard InChI is InChI=1S/C11H23N3O2/c1-9(11(16)13-12)8-14-6-2-4-10(14)5-3-7-15/h9-10,15H,2-8,12H2,1H3,(H,13,16). The molecular formula is C11H23N3O2. The van der Waals surface area contributed by atoms with Gasteiger partial charge in [0.15, 0.2) is 0 Å². The minimum absolute atomic E-state index is 0.0697. The smallest absolute Gasteiger partial charge is 0.237 e. The first-order chi connectivity index (χ1) is 7.69. The van der Waals surface area contributed by atoms with E-state index < -0.39 is 0 Å². The van der Waals surface area contributed by atoms with Crippen LogP contribution in [0.1, 0.15) is 32.6 Å². The lowest BCUT2D eigenvalue weighted by atomic mass is 10.1. The van der Waals surface area contributed by atoms with E-state index in [-0.39, 0.29) is 18.4 Å². The Morgan fingerprint density at radius 1 is 1.69 bits per heavy atom. The monoisotopic (exact) mass is 229 g/mol. The molecule has 1 amide bonds. The average molecular weight is 229 g/mol. The molecule has 0 aliphatic carbocycles. The number of likely N-dealkylation sites (tertiary alicyclic amines) is 1. The van der Waals surface area contributed by atoms with Crippen molar-refractivity contribution >= 4 is 5.91 Å². The number of carbonyl (C=O) groups is 1. The Hall–Kier alpha value is -0.650. The summed E-state index contributed by atoms with van der Waals surface area (Å²) >= 11 is 0. The maximum absolute atomic E-state index is 11.3. The second kappa shape index (κ2) is 6.83. The molecule has 0 aromatic rings. The lowest BCUT2D eigenvalue weighted by Gasteiger charge is -2.26. The summed E-state index contributed by atoms with van der Waals surface area (Å²) in [5, 5.41) is 8.82. The molecule has 1 aliphatic heterocycles. The summed E-state index contributed by atoms with van der Waals surface area (Å²) in [5.74, 6) is 4.94. The van der Waals surface area contributed by atoms with E-state index in [1.54, 1.807) is 0 Å². The molecule has 1 heterocycles. The van der Waals surface area contributed by atoms with Crippen LogP contribution < -0.4 is 11.3 Å². The van der Waals surface area contributed by atoms with Crippen molar-refractivity contribution in [1.29, 1.82) is 0 Å². The average Bonchev–Trinajstić information content (AvgIpc) is 2.72. The summed E-state index contributed by atoms with van der Waals surface area (Å²) in [6.45, 7) is 3.96. The van der Waals surface area contributed by atoms with Crippen LogP contribution in [0.5, 0.6) is 0 Å². The number of nitrogens with two attached hydrogens (primary N) is 1. The van der Waals surface area contributed by atoms with E-state index in [0.29, 0.717) is 6.04 Å². The summed E-state index contributed by atoms with van der Waals surface area (Å²) in [6, 6.07) is 0.528. The van der Waals surface area contributed by atoms with Crippen LogP contribution in [0.15, 0.2) is 0 Å². The molecule has 1 fully saturated rings. The first-order valence-electron chi connectivity index (χ1n) is 6.04. The number of nitrogens with zero attached hydrogens (tertiary/aromatic N) is 1. The first-order valence-corrected chi connectivity index (χ1v) is 6.04. The SMILES string of the molecule is CC(CN1CCCC1CCCO)C(=O)NN. The molecule has 16 heavy (non-hydrogen) atoms. The minimum Gasteiger partial charge on any atom is -0.396 e. The number of nitrogens with one attached hydrogen (secondary N) is 1. The third-order valence-corrected chi connectivity index (χ3v) is 3.29. The summed E-state index contributed by atoms with van der Waals surface area (Å²) in [7, 11) is 0. The third kappa shape index (κ3) is 3.73. The second-order valence-electron chi connectivity index (χ2n) is 4.57. The molecule has 2 atom stereocenters. The molecule has 94 valence electrons. The van der Waals surface area contributed by atoms with Gasteiger partial charge in [-0.2, -0.15) is 0 Å². The van der Waals surface area contributed by atoms with Gasteiger partial charge in [0.1, 0.15) is 0 Å². The zero-order valence-electron chi connectivity index (χ0n) is 9.98. The Morgan fingerprint density at radius 2 is 2.44 bits per heavy atom. The van der Waals surface area contributed by atoms with E-state index in [1.807, 2.05) is 6.92 Å². The molecule has 1 aliphatic rings. The van der Waals surface area contributed by atoms with Crippen LogP contribution >= 0.6 is 0 Å². The van der Waals surface area contributed by atoms with Gasteiger partial charge in [-0.25, -0.2) is 5.84 Å². The van der Waals surface area contributed by atoms with E-state index in [9.17, 15) is 4.79 Å². The number of rotatable bonds is 6. The maximum Gasteiger partial charge on any atom is 0.237 e. The van der Waals surface area contributed by atoms with Crippen LogP contribution in [0.25, 0.3) is 0 Å². The normalized spacial score (nSPS) is 23.3. The maximum atomic E-state index is 11.3. The van der Waals surface area contributed by atoms with Crippen molar-refractivity contribution in [3.05, 3.63) is 0 Å². The van der Waals surface area contributed by atoms with E-state index in [2.05, 4.69) is 10.3 Å². The quantitative estimate of drug-likeness (QED) is 0.336. The van der Waals surface area contributed by atoms with Gasteiger partial charge < -0.3 is 5.11 Å². The van der Waals surface area contributed by atoms with Crippen LogP contribution in [-0.4, -0.2) is 41.7 Å². The Kier molecular flexibility index (Phi) is 5.73. The highest BCUT2D eigenvalue weighted by molar-refractivity contribution is 5.77. The summed E-state index contributed by atoms with van der Waals surface area (Å²) < 4.78 is 0. The van der Waals surface area contributed by atoms with Crippen LogP contribution in [0.4, 0.5) is 0 Å². The fraction of sp³-hybridized carbons (Fsp3) is 0.909. The molecule has 2 unspecified atom stereocenters. The largest absolute Gasteiger partial charge is 0.396 e. The fourth-order valence-electron chi connectivity index (χ4n) is 2.37. The number of aliphatic hydroxyl groups excluding tert-OH is 1. The van der Waals surface area contributed by atoms with Gasteiger partial charge in [-0.3, -0.25) is 15.1 Å². The zero-order valence-corrected chi connectivity index (χ0v) is 9.98. The highest BCUT2D eigenvalue weighted by Gasteiger charge is 2.26. The summed E-state index contributed by atoms with van der Waals surface area (Å²) in [5.41, 5.74) is 2.19. The molecule has 1 rings (SSSR count). The van der Waals surface area contributed by atoms with Crippen LogP contribution in [0.3, 0.4) is 0 Å². The Bertz CT molecular complexity index is 223. The second-order valence-corrected chi connectivity index (χ2v) is 4.57. The lowest BCUT2D eigenvalue weighted by molar-refractivity contribution is -0.125. The zero-order chi connectivity index (χ0) is 12.0. The summed E-state index contributed by atoms with van der Waals surface area (Å²) in [4.78, 5) is 13.7. The minimum atomic E-state index is -0.104. The van der Waals surface area contributed by atoms with Crippen molar-refractivity contribution in [3.8, 4) is 0 Å². The number of carbonyl (C=O) groups excluding carboxylic acids is 1. The van der Waals surface area contributed by atoms with Gasteiger partial charge in [-0.1, -0.05) is 6.92 Å². The molecule has 5 heteroatoms. The molecular weight excluding hydrogens is 206 g/mol. The van der Waals surface area contributed by atoms with E-state index in [0.717, 1.165) is 25.9 Å². The van der Waals surface area contributed by atoms with Crippen LogP contribution in [-0.2, 0) is 4.79 Å². The number of hydrogen-bond donors (Lipinski definition) is 3. The van der Waals surface area contributed by atoms with Gasteiger partial charge in [-0.05, 0) is 32.2 Å². The fourth-order valence-corrected chi connectivity index (χ4v) is 2.37. The highest BCUT2D eigenvalue weighted by atomic mass is 16.2. The van der Waals surface area contributed by atoms with Crippen LogP contribution in [0.2, 0.25) is 0 Å². The van der Waals surface area contributed by atoms with Gasteiger partial charge in [0.2, 0.25) is 5.91 Å². The van der Waals surface area contributed by atoms with Gasteiger partial charge in [0.05, 0.1) is 0 Å².